The van der Waals surface area contributed by atoms with Crippen LogP contribution in [-0.2, 0) is 0 Å². The summed E-state index contributed by atoms with van der Waals surface area (Å²) in [6.07, 6.45) is 0. The van der Waals surface area contributed by atoms with Crippen LogP contribution in [0.4, 0.5) is 17.1 Å². The number of ether oxygens (including phenoxy) is 1. The molecule has 0 atom stereocenters. The van der Waals surface area contributed by atoms with Crippen LogP contribution < -0.4 is 9.64 Å². The number of hydrogen-bond acceptors (Lipinski definition) is 5. The molecular formula is C30H31NO4. The summed E-state index contributed by atoms with van der Waals surface area (Å²) in [6, 6.07) is 18.2. The zero-order chi connectivity index (χ0) is 25.4. The Morgan fingerprint density at radius 3 is 1.74 bits per heavy atom. The smallest absolute Gasteiger partial charge is 0.139 e. The zero-order valence-electron chi connectivity index (χ0n) is 21.0. The molecule has 0 saturated carbocycles. The van der Waals surface area contributed by atoms with Crippen molar-refractivity contribution in [3.8, 4) is 28.7 Å². The Labute approximate surface area is 206 Å². The van der Waals surface area contributed by atoms with Crippen LogP contribution in [0.2, 0.25) is 0 Å². The van der Waals surface area contributed by atoms with E-state index in [4.69, 9.17) is 4.74 Å². The topological polar surface area (TPSA) is 73.2 Å². The van der Waals surface area contributed by atoms with Crippen LogP contribution in [0.25, 0.3) is 0 Å². The van der Waals surface area contributed by atoms with E-state index in [9.17, 15) is 15.3 Å². The summed E-state index contributed by atoms with van der Waals surface area (Å²) in [7, 11) is 0. The molecule has 4 aromatic carbocycles. The van der Waals surface area contributed by atoms with Crippen molar-refractivity contribution in [2.75, 3.05) is 4.90 Å². The van der Waals surface area contributed by atoms with E-state index in [0.29, 0.717) is 34.1 Å². The van der Waals surface area contributed by atoms with Crippen LogP contribution in [0.1, 0.15) is 33.4 Å². The minimum absolute atomic E-state index is 0.110. The van der Waals surface area contributed by atoms with E-state index >= 15 is 0 Å². The molecule has 3 N–H and O–H groups in total. The lowest BCUT2D eigenvalue weighted by atomic mass is 10.0. The number of rotatable bonds is 5. The van der Waals surface area contributed by atoms with Gasteiger partial charge >= 0.3 is 0 Å². The molecule has 4 rings (SSSR count). The number of aryl methyl sites for hydroxylation is 3. The lowest BCUT2D eigenvalue weighted by molar-refractivity contribution is 0.447. The third-order valence-electron chi connectivity index (χ3n) is 6.59. The highest BCUT2D eigenvalue weighted by Crippen LogP contribution is 2.48. The van der Waals surface area contributed by atoms with Crippen LogP contribution in [-0.4, -0.2) is 15.3 Å². The Morgan fingerprint density at radius 2 is 1.17 bits per heavy atom. The Hall–Kier alpha value is -4.12. The molecule has 0 saturated heterocycles. The molecule has 5 nitrogen and oxygen atoms in total. The summed E-state index contributed by atoms with van der Waals surface area (Å²) < 4.78 is 6.19. The van der Waals surface area contributed by atoms with Gasteiger partial charge < -0.3 is 25.0 Å². The Kier molecular flexibility index (Phi) is 6.35. The van der Waals surface area contributed by atoms with Gasteiger partial charge in [0.05, 0.1) is 17.1 Å². The maximum atomic E-state index is 11.0. The molecule has 0 unspecified atom stereocenters. The average molecular weight is 470 g/mol. The number of phenolic OH excluding ortho intramolecular Hbond substituents is 3. The average Bonchev–Trinajstić information content (AvgIpc) is 2.81. The van der Waals surface area contributed by atoms with E-state index in [2.05, 4.69) is 0 Å². The first-order valence-corrected chi connectivity index (χ1v) is 11.5. The van der Waals surface area contributed by atoms with Gasteiger partial charge in [-0.25, -0.2) is 0 Å². The van der Waals surface area contributed by atoms with Gasteiger partial charge in [0.2, 0.25) is 0 Å². The molecule has 0 aromatic heterocycles. The Morgan fingerprint density at radius 1 is 0.600 bits per heavy atom. The van der Waals surface area contributed by atoms with Gasteiger partial charge in [-0.2, -0.15) is 0 Å². The Bertz CT molecular complexity index is 1370. The van der Waals surface area contributed by atoms with Crippen molar-refractivity contribution in [2.24, 2.45) is 0 Å². The summed E-state index contributed by atoms with van der Waals surface area (Å²) in [5.74, 6) is 1.53. The van der Waals surface area contributed by atoms with E-state index in [1.54, 1.807) is 18.2 Å². The largest absolute Gasteiger partial charge is 0.508 e. The lowest BCUT2D eigenvalue weighted by Crippen LogP contribution is -2.14. The van der Waals surface area contributed by atoms with Gasteiger partial charge in [0.25, 0.3) is 0 Å². The number of anilines is 3. The lowest BCUT2D eigenvalue weighted by Gasteiger charge is -2.31. The Balaban J connectivity index is 1.93. The fourth-order valence-electron chi connectivity index (χ4n) is 4.23. The first kappa shape index (κ1) is 24.0. The molecular weight excluding hydrogens is 438 g/mol. The summed E-state index contributed by atoms with van der Waals surface area (Å²) in [5, 5.41) is 32.2. The van der Waals surface area contributed by atoms with E-state index in [-0.39, 0.29) is 17.2 Å². The van der Waals surface area contributed by atoms with Gasteiger partial charge in [-0.3, -0.25) is 0 Å². The minimum Gasteiger partial charge on any atom is -0.508 e. The van der Waals surface area contributed by atoms with Gasteiger partial charge in [-0.05, 0) is 106 Å². The number of hydrogen-bond donors (Lipinski definition) is 3. The highest BCUT2D eigenvalue weighted by atomic mass is 16.5. The van der Waals surface area contributed by atoms with E-state index in [1.165, 1.54) is 0 Å². The van der Waals surface area contributed by atoms with Crippen LogP contribution in [0.15, 0.2) is 60.7 Å². The molecule has 0 aliphatic heterocycles. The third kappa shape index (κ3) is 4.50. The molecule has 35 heavy (non-hydrogen) atoms. The number of benzene rings is 4. The molecule has 0 bridgehead atoms. The van der Waals surface area contributed by atoms with Crippen molar-refractivity contribution in [3.05, 3.63) is 94.0 Å². The van der Waals surface area contributed by atoms with Crippen molar-refractivity contribution in [1.29, 1.82) is 0 Å². The molecule has 4 aromatic rings. The number of nitrogens with zero attached hydrogens (tertiary/aromatic N) is 1. The molecule has 0 spiro atoms. The minimum atomic E-state index is 0.110. The fourth-order valence-corrected chi connectivity index (χ4v) is 4.23. The summed E-state index contributed by atoms with van der Waals surface area (Å²) >= 11 is 0. The van der Waals surface area contributed by atoms with Crippen LogP contribution in [0.5, 0.6) is 28.7 Å². The SMILES string of the molecule is Cc1cc(O)c(C)c(Oc2cccc(N(c3c(O)ccc(C)c3C)c3c(O)ccc(C)c3C)c2)c1. The van der Waals surface area contributed by atoms with Gasteiger partial charge in [-0.15, -0.1) is 0 Å². The quantitative estimate of drug-likeness (QED) is 0.277. The predicted molar refractivity (Wildman–Crippen MR) is 141 cm³/mol. The van der Waals surface area contributed by atoms with Gasteiger partial charge in [-0.1, -0.05) is 18.2 Å². The molecule has 180 valence electrons. The molecule has 0 aliphatic carbocycles. The van der Waals surface area contributed by atoms with Crippen molar-refractivity contribution in [3.63, 3.8) is 0 Å². The monoisotopic (exact) mass is 469 g/mol. The maximum Gasteiger partial charge on any atom is 0.139 e. The normalized spacial score (nSPS) is 10.9. The van der Waals surface area contributed by atoms with Gasteiger partial charge in [0, 0.05) is 11.6 Å². The van der Waals surface area contributed by atoms with Crippen LogP contribution in [0, 0.1) is 41.5 Å². The first-order valence-electron chi connectivity index (χ1n) is 11.5. The molecule has 0 radical (unpaired) electrons. The summed E-state index contributed by atoms with van der Waals surface area (Å²) in [6.45, 7) is 11.6. The van der Waals surface area contributed by atoms with Crippen LogP contribution >= 0.6 is 0 Å². The second-order valence-electron chi connectivity index (χ2n) is 9.09. The molecule has 0 amide bonds. The van der Waals surface area contributed by atoms with Crippen LogP contribution in [0.3, 0.4) is 0 Å². The van der Waals surface area contributed by atoms with E-state index < -0.39 is 0 Å². The highest BCUT2D eigenvalue weighted by molar-refractivity contribution is 5.87. The number of aromatic hydroxyl groups is 3. The molecule has 0 aliphatic rings. The first-order chi connectivity index (χ1) is 16.6. The second-order valence-corrected chi connectivity index (χ2v) is 9.09. The standard InChI is InChI=1S/C30H31NO4/c1-17-14-27(34)22(6)28(15-17)35-24-9-7-8-23(16-24)31(29-20(4)18(2)10-12-25(29)32)30-21(5)19(3)11-13-26(30)33/h7-16,32-34H,1-6H3. The fraction of sp³-hybridized carbons (Fsp3) is 0.200. The van der Waals surface area contributed by atoms with Gasteiger partial charge in [0.1, 0.15) is 28.7 Å². The molecule has 0 heterocycles. The number of phenols is 3. The molecule has 0 fully saturated rings. The van der Waals surface area contributed by atoms with E-state index in [1.807, 2.05) is 88.9 Å². The maximum absolute atomic E-state index is 11.0. The van der Waals surface area contributed by atoms with E-state index in [0.717, 1.165) is 27.8 Å². The zero-order valence-corrected chi connectivity index (χ0v) is 21.0. The highest BCUT2D eigenvalue weighted by Gasteiger charge is 2.24. The summed E-state index contributed by atoms with van der Waals surface area (Å²) in [4.78, 5) is 1.88. The van der Waals surface area contributed by atoms with Crippen molar-refractivity contribution < 1.29 is 20.1 Å². The predicted octanol–water partition coefficient (Wildman–Crippen LogP) is 7.92. The van der Waals surface area contributed by atoms with Gasteiger partial charge in [0.15, 0.2) is 0 Å². The molecule has 5 heteroatoms. The van der Waals surface area contributed by atoms with Crippen molar-refractivity contribution >= 4 is 17.1 Å². The van der Waals surface area contributed by atoms with Crippen molar-refractivity contribution in [1.82, 2.24) is 0 Å². The summed E-state index contributed by atoms with van der Waals surface area (Å²) in [5.41, 5.74) is 7.28. The van der Waals surface area contributed by atoms with Crippen molar-refractivity contribution in [2.45, 2.75) is 41.5 Å². The second kappa shape index (κ2) is 9.26. The third-order valence-corrected chi connectivity index (χ3v) is 6.59.